The Hall–Kier alpha value is -1.23. The Morgan fingerprint density at radius 2 is 2.00 bits per heavy atom. The van der Waals surface area contributed by atoms with Gasteiger partial charge in [-0.15, -0.1) is 0 Å². The highest BCUT2D eigenvalue weighted by atomic mass is 35.5. The summed E-state index contributed by atoms with van der Waals surface area (Å²) in [5, 5.41) is 3.91. The number of rotatable bonds is 9. The van der Waals surface area contributed by atoms with Gasteiger partial charge in [-0.2, -0.15) is 0 Å². The molecule has 1 aromatic rings. The van der Waals surface area contributed by atoms with E-state index >= 15 is 0 Å². The summed E-state index contributed by atoms with van der Waals surface area (Å²) in [6.07, 6.45) is 3.04. The van der Waals surface area contributed by atoms with Gasteiger partial charge in [-0.1, -0.05) is 30.2 Å². The molecule has 0 unspecified atom stereocenters. The molecule has 118 valence electrons. The van der Waals surface area contributed by atoms with Crippen molar-refractivity contribution in [1.29, 1.82) is 0 Å². The highest BCUT2D eigenvalue weighted by Gasteiger charge is 2.12. The van der Waals surface area contributed by atoms with Gasteiger partial charge in [0.2, 0.25) is 0 Å². The number of hydrogen-bond acceptors (Lipinski definition) is 4. The van der Waals surface area contributed by atoms with Crippen LogP contribution in [-0.2, 0) is 4.74 Å². The molecule has 0 bridgehead atoms. The van der Waals surface area contributed by atoms with Crippen molar-refractivity contribution >= 4 is 17.7 Å². The molecule has 0 fully saturated rings. The van der Waals surface area contributed by atoms with Crippen LogP contribution in [-0.4, -0.2) is 41.0 Å². The quantitative estimate of drug-likeness (QED) is 0.709. The molecule has 0 spiro atoms. The number of halogens is 1. The van der Waals surface area contributed by atoms with Crippen molar-refractivity contribution in [3.63, 3.8) is 0 Å². The van der Waals surface area contributed by atoms with Crippen LogP contribution in [0.4, 0.5) is 0 Å². The van der Waals surface area contributed by atoms with Gasteiger partial charge < -0.3 is 19.5 Å². The van der Waals surface area contributed by atoms with Crippen molar-refractivity contribution in [3.8, 4) is 11.5 Å². The van der Waals surface area contributed by atoms with Gasteiger partial charge in [0.05, 0.1) is 25.8 Å². The lowest BCUT2D eigenvalue weighted by Crippen LogP contribution is -2.21. The minimum atomic E-state index is 0.565. The summed E-state index contributed by atoms with van der Waals surface area (Å²) in [6.45, 7) is 4.46. The maximum atomic E-state index is 6.39. The van der Waals surface area contributed by atoms with E-state index in [-0.39, 0.29) is 0 Å². The fourth-order valence-electron chi connectivity index (χ4n) is 1.94. The molecule has 0 aliphatic heterocycles. The van der Waals surface area contributed by atoms with E-state index < -0.39 is 0 Å². The van der Waals surface area contributed by atoms with E-state index in [0.717, 1.165) is 25.1 Å². The number of nitrogens with one attached hydrogen (secondary N) is 1. The van der Waals surface area contributed by atoms with Crippen LogP contribution in [0, 0.1) is 0 Å². The maximum Gasteiger partial charge on any atom is 0.179 e. The fraction of sp³-hybridized carbons (Fsp3) is 0.500. The Morgan fingerprint density at radius 3 is 2.57 bits per heavy atom. The van der Waals surface area contributed by atoms with E-state index in [0.29, 0.717) is 23.1 Å². The third-order valence-electron chi connectivity index (χ3n) is 3.16. The van der Waals surface area contributed by atoms with Gasteiger partial charge in [0, 0.05) is 20.2 Å². The first-order valence-electron chi connectivity index (χ1n) is 6.97. The summed E-state index contributed by atoms with van der Waals surface area (Å²) in [5.41, 5.74) is 2.19. The first kappa shape index (κ1) is 17.8. The Bertz CT molecular complexity index is 475. The van der Waals surface area contributed by atoms with Crippen LogP contribution in [0.15, 0.2) is 17.7 Å². The van der Waals surface area contributed by atoms with Gasteiger partial charge >= 0.3 is 0 Å². The van der Waals surface area contributed by atoms with Crippen LogP contribution in [0.1, 0.15) is 18.9 Å². The summed E-state index contributed by atoms with van der Waals surface area (Å²) in [4.78, 5) is 0. The number of benzene rings is 1. The smallest absolute Gasteiger partial charge is 0.179 e. The second-order valence-electron chi connectivity index (χ2n) is 4.53. The minimum absolute atomic E-state index is 0.565. The lowest BCUT2D eigenvalue weighted by atomic mass is 10.1. The van der Waals surface area contributed by atoms with E-state index in [4.69, 9.17) is 25.8 Å². The molecule has 0 saturated carbocycles. The van der Waals surface area contributed by atoms with Crippen molar-refractivity contribution in [2.24, 2.45) is 0 Å². The van der Waals surface area contributed by atoms with Gasteiger partial charge in [-0.05, 0) is 24.1 Å². The molecule has 0 amide bonds. The van der Waals surface area contributed by atoms with E-state index in [1.54, 1.807) is 21.3 Å². The molecule has 0 atom stereocenters. The zero-order valence-corrected chi connectivity index (χ0v) is 13.9. The molecule has 0 radical (unpaired) electrons. The average Bonchev–Trinajstić information content (AvgIpc) is 2.51. The van der Waals surface area contributed by atoms with Crippen molar-refractivity contribution in [2.45, 2.75) is 13.3 Å². The zero-order chi connectivity index (χ0) is 15.7. The summed E-state index contributed by atoms with van der Waals surface area (Å²) < 4.78 is 15.6. The maximum absolute atomic E-state index is 6.39. The minimum Gasteiger partial charge on any atom is -0.493 e. The van der Waals surface area contributed by atoms with Gasteiger partial charge in [-0.3, -0.25) is 0 Å². The molecule has 4 nitrogen and oxygen atoms in total. The largest absolute Gasteiger partial charge is 0.493 e. The van der Waals surface area contributed by atoms with Gasteiger partial charge in [0.15, 0.2) is 11.5 Å². The van der Waals surface area contributed by atoms with Gasteiger partial charge in [-0.25, -0.2) is 0 Å². The van der Waals surface area contributed by atoms with E-state index in [1.165, 1.54) is 5.57 Å². The summed E-state index contributed by atoms with van der Waals surface area (Å²) in [7, 11) is 4.88. The molecule has 0 saturated heterocycles. The van der Waals surface area contributed by atoms with Crippen LogP contribution < -0.4 is 14.8 Å². The van der Waals surface area contributed by atoms with Crippen LogP contribution in [0.2, 0.25) is 5.02 Å². The van der Waals surface area contributed by atoms with Crippen LogP contribution in [0.25, 0.3) is 6.08 Å². The van der Waals surface area contributed by atoms with Gasteiger partial charge in [0.25, 0.3) is 0 Å². The molecule has 5 heteroatoms. The molecule has 1 rings (SSSR count). The second kappa shape index (κ2) is 9.66. The Kier molecular flexibility index (Phi) is 8.20. The van der Waals surface area contributed by atoms with Crippen molar-refractivity contribution < 1.29 is 14.2 Å². The number of ether oxygens (including phenoxy) is 3. The van der Waals surface area contributed by atoms with Crippen LogP contribution in [0.3, 0.4) is 0 Å². The first-order chi connectivity index (χ1) is 10.2. The molecule has 1 aromatic carbocycles. The Morgan fingerprint density at radius 1 is 1.24 bits per heavy atom. The van der Waals surface area contributed by atoms with E-state index in [9.17, 15) is 0 Å². The Labute approximate surface area is 132 Å². The topological polar surface area (TPSA) is 39.7 Å². The SMILES string of the molecule is CCC(=Cc1ccc(OC)c(OC)c1Cl)CNCCOC. The van der Waals surface area contributed by atoms with Gasteiger partial charge in [0.1, 0.15) is 0 Å². The monoisotopic (exact) mass is 313 g/mol. The predicted octanol–water partition coefficient (Wildman–Crippen LogP) is 3.39. The summed E-state index contributed by atoms with van der Waals surface area (Å²) in [6, 6.07) is 3.80. The normalized spacial score (nSPS) is 11.6. The molecule has 0 aromatic heterocycles. The fourth-order valence-corrected chi connectivity index (χ4v) is 2.23. The molecular formula is C16H24ClNO3. The third kappa shape index (κ3) is 5.23. The van der Waals surface area contributed by atoms with Crippen molar-refractivity contribution in [3.05, 3.63) is 28.3 Å². The molecule has 0 aliphatic carbocycles. The summed E-state index contributed by atoms with van der Waals surface area (Å²) in [5.74, 6) is 1.20. The van der Waals surface area contributed by atoms with Crippen molar-refractivity contribution in [1.82, 2.24) is 5.32 Å². The molecular weight excluding hydrogens is 290 g/mol. The van der Waals surface area contributed by atoms with E-state index in [2.05, 4.69) is 18.3 Å². The molecule has 21 heavy (non-hydrogen) atoms. The lowest BCUT2D eigenvalue weighted by Gasteiger charge is -2.12. The average molecular weight is 314 g/mol. The number of methoxy groups -OCH3 is 3. The predicted molar refractivity (Wildman–Crippen MR) is 87.6 cm³/mol. The van der Waals surface area contributed by atoms with E-state index in [1.807, 2.05) is 12.1 Å². The Balaban J connectivity index is 2.90. The first-order valence-corrected chi connectivity index (χ1v) is 7.35. The third-order valence-corrected chi connectivity index (χ3v) is 3.55. The highest BCUT2D eigenvalue weighted by Crippen LogP contribution is 2.38. The van der Waals surface area contributed by atoms with Crippen LogP contribution in [0.5, 0.6) is 11.5 Å². The molecule has 0 heterocycles. The standard InChI is InChI=1S/C16H24ClNO3/c1-5-12(11-18-8-9-19-2)10-13-6-7-14(20-3)16(21-4)15(13)17/h6-7,10,18H,5,8-9,11H2,1-4H3. The summed E-state index contributed by atoms with van der Waals surface area (Å²) >= 11 is 6.39. The highest BCUT2D eigenvalue weighted by molar-refractivity contribution is 6.33. The molecule has 0 aliphatic rings. The number of hydrogen-bond donors (Lipinski definition) is 1. The van der Waals surface area contributed by atoms with Crippen molar-refractivity contribution in [2.75, 3.05) is 41.0 Å². The molecule has 1 N–H and O–H groups in total. The lowest BCUT2D eigenvalue weighted by molar-refractivity contribution is 0.200. The zero-order valence-electron chi connectivity index (χ0n) is 13.2. The van der Waals surface area contributed by atoms with Crippen LogP contribution >= 0.6 is 11.6 Å². The second-order valence-corrected chi connectivity index (χ2v) is 4.91.